The quantitative estimate of drug-likeness (QED) is 0.114. The van der Waals surface area contributed by atoms with Crippen LogP contribution in [0.4, 0.5) is 0 Å². The molecule has 0 fully saturated rings. The number of nitrogens with zero attached hydrogens (tertiary/aromatic N) is 3. The molecule has 0 aliphatic heterocycles. The summed E-state index contributed by atoms with van der Waals surface area (Å²) in [5.74, 6) is 0. The van der Waals surface area contributed by atoms with Gasteiger partial charge in [0.05, 0.1) is 6.20 Å². The first kappa shape index (κ1) is 42.4. The molecule has 0 aliphatic carbocycles. The van der Waals surface area contributed by atoms with Crippen molar-refractivity contribution in [2.75, 3.05) is 0 Å². The third kappa shape index (κ3) is 9.18. The van der Waals surface area contributed by atoms with Crippen molar-refractivity contribution in [1.29, 1.82) is 0 Å². The summed E-state index contributed by atoms with van der Waals surface area (Å²) in [5, 5.41) is 2.12. The number of aromatic nitrogens is 3. The van der Waals surface area contributed by atoms with Crippen LogP contribution in [-0.2, 0) is 45.8 Å². The van der Waals surface area contributed by atoms with E-state index in [9.17, 15) is 0 Å². The fourth-order valence-corrected chi connectivity index (χ4v) is 8.75. The molecule has 0 bridgehead atoms. The van der Waals surface area contributed by atoms with Crippen molar-refractivity contribution in [2.45, 2.75) is 25.7 Å². The van der Waals surface area contributed by atoms with E-state index >= 15 is 0 Å². The summed E-state index contributed by atoms with van der Waals surface area (Å²) in [5.41, 5.74) is 19.4. The first-order chi connectivity index (χ1) is 32.2. The summed E-state index contributed by atoms with van der Waals surface area (Å²) in [4.78, 5) is 13.8. The monoisotopic (exact) mass is 1030 g/mol. The number of hydrogen-bond acceptors (Lipinski definition) is 4. The Morgan fingerprint density at radius 1 is 0.364 bits per heavy atom. The average Bonchev–Trinajstić information content (AvgIpc) is 3.76. The zero-order valence-electron chi connectivity index (χ0n) is 36.0. The molecule has 66 heavy (non-hydrogen) atoms. The molecular weight excluding hydrogens is 983 g/mol. The topological polar surface area (TPSA) is 51.8 Å². The Morgan fingerprint density at radius 2 is 0.924 bits per heavy atom. The first-order valence-electron chi connectivity index (χ1n) is 22.1. The molecule has 0 aliphatic rings. The van der Waals surface area contributed by atoms with Gasteiger partial charge in [-0.15, -0.1) is 101 Å². The fraction of sp³-hybridized carbons (Fsp3) is 0.0656. The zero-order valence-corrected chi connectivity index (χ0v) is 38.4. The molecule has 0 unspecified atom stereocenters. The van der Waals surface area contributed by atoms with Gasteiger partial charge in [-0.2, -0.15) is 0 Å². The minimum Gasteiger partial charge on any atom is -0.454 e. The van der Waals surface area contributed by atoms with Crippen molar-refractivity contribution in [3.05, 3.63) is 247 Å². The number of furan rings is 1. The molecule has 0 saturated carbocycles. The maximum Gasteiger partial charge on any atom is 3.00 e. The van der Waals surface area contributed by atoms with Crippen LogP contribution in [0.15, 0.2) is 211 Å². The summed E-state index contributed by atoms with van der Waals surface area (Å²) in [6.45, 7) is 0. The number of fused-ring (bicyclic) bond motifs is 3. The fourth-order valence-electron chi connectivity index (χ4n) is 8.75. The van der Waals surface area contributed by atoms with Crippen LogP contribution in [0, 0.1) is 18.2 Å². The van der Waals surface area contributed by atoms with Gasteiger partial charge in [0.2, 0.25) is 0 Å². The molecule has 0 atom stereocenters. The second-order valence-electron chi connectivity index (χ2n) is 16.5. The second-order valence-corrected chi connectivity index (χ2v) is 16.5. The molecule has 316 valence electrons. The van der Waals surface area contributed by atoms with E-state index in [2.05, 4.69) is 174 Å². The number of aryl methyl sites for hydroxylation is 4. The van der Waals surface area contributed by atoms with Gasteiger partial charge in [0.15, 0.2) is 5.58 Å². The van der Waals surface area contributed by atoms with Crippen molar-refractivity contribution in [1.82, 2.24) is 15.0 Å². The van der Waals surface area contributed by atoms with Crippen LogP contribution in [-0.4, -0.2) is 15.0 Å². The molecule has 11 aromatic rings. The van der Waals surface area contributed by atoms with Crippen molar-refractivity contribution in [3.63, 3.8) is 0 Å². The van der Waals surface area contributed by atoms with E-state index in [1.807, 2.05) is 61.1 Å². The van der Waals surface area contributed by atoms with E-state index in [0.717, 1.165) is 104 Å². The van der Waals surface area contributed by atoms with Gasteiger partial charge in [0.1, 0.15) is 5.58 Å². The van der Waals surface area contributed by atoms with Crippen LogP contribution in [0.1, 0.15) is 22.3 Å². The van der Waals surface area contributed by atoms with E-state index in [1.54, 1.807) is 0 Å². The Hall–Kier alpha value is -7.56. The number of hydrogen-bond donors (Lipinski definition) is 0. The molecular formula is C61H42IrN3O. The summed E-state index contributed by atoms with van der Waals surface area (Å²) >= 11 is 0. The Bertz CT molecular complexity index is 3280. The minimum absolute atomic E-state index is 0. The minimum atomic E-state index is 0. The van der Waals surface area contributed by atoms with E-state index in [1.165, 1.54) is 33.4 Å². The largest absolute Gasteiger partial charge is 3.00 e. The molecule has 0 spiro atoms. The van der Waals surface area contributed by atoms with Gasteiger partial charge < -0.3 is 19.4 Å². The van der Waals surface area contributed by atoms with E-state index in [4.69, 9.17) is 9.40 Å². The molecule has 0 amide bonds. The molecule has 4 aromatic heterocycles. The molecule has 7 aromatic carbocycles. The van der Waals surface area contributed by atoms with Crippen LogP contribution in [0.25, 0.3) is 89.1 Å². The van der Waals surface area contributed by atoms with Crippen LogP contribution in [0.5, 0.6) is 0 Å². The summed E-state index contributed by atoms with van der Waals surface area (Å²) < 4.78 is 6.29. The van der Waals surface area contributed by atoms with Gasteiger partial charge in [0, 0.05) is 23.2 Å². The second kappa shape index (κ2) is 19.3. The van der Waals surface area contributed by atoms with Crippen molar-refractivity contribution in [3.8, 4) is 67.2 Å². The van der Waals surface area contributed by atoms with Gasteiger partial charge in [0.25, 0.3) is 0 Å². The number of benzene rings is 7. The third-order valence-corrected chi connectivity index (χ3v) is 12.2. The van der Waals surface area contributed by atoms with E-state index in [0.29, 0.717) is 0 Å². The average molecular weight is 1030 g/mol. The summed E-state index contributed by atoms with van der Waals surface area (Å²) in [6.07, 6.45) is 9.12. The van der Waals surface area contributed by atoms with Gasteiger partial charge in [-0.05, 0) is 87.6 Å². The first-order valence-corrected chi connectivity index (χ1v) is 22.1. The van der Waals surface area contributed by atoms with Gasteiger partial charge in [-0.25, -0.2) is 0 Å². The smallest absolute Gasteiger partial charge is 0.454 e. The maximum absolute atomic E-state index is 6.29. The standard InChI is InChI=1S/C61H42N3O.Ir/c1-2-10-46(11-3-1)51-32-33-55-56-40-59(64-41-61(56)65-60(55)39-51)50-30-28-47(29-31-50)53-12-4-5-13-54(53)52-37-44(18-16-42-20-24-48(25-21-42)57-14-6-8-34-62-57)36-45(38-52)19-17-43-22-26-49(27-23-43)58-15-7-9-35-63-58;/h1-15,20-24,26,28-30,32-41H,16-19H2;/q-3;+3. The van der Waals surface area contributed by atoms with Gasteiger partial charge in [-0.1, -0.05) is 133 Å². The molecule has 0 radical (unpaired) electrons. The Morgan fingerprint density at radius 3 is 1.52 bits per heavy atom. The van der Waals surface area contributed by atoms with Crippen molar-refractivity contribution >= 4 is 21.9 Å². The van der Waals surface area contributed by atoms with Crippen molar-refractivity contribution < 1.29 is 24.5 Å². The van der Waals surface area contributed by atoms with Crippen LogP contribution < -0.4 is 0 Å². The molecule has 5 heteroatoms. The van der Waals surface area contributed by atoms with Gasteiger partial charge >= 0.3 is 20.1 Å². The number of rotatable bonds is 12. The molecule has 0 saturated heterocycles. The molecule has 0 N–H and O–H groups in total. The van der Waals surface area contributed by atoms with E-state index in [-0.39, 0.29) is 20.1 Å². The zero-order chi connectivity index (χ0) is 43.4. The predicted molar refractivity (Wildman–Crippen MR) is 264 cm³/mol. The van der Waals surface area contributed by atoms with Crippen molar-refractivity contribution in [2.24, 2.45) is 0 Å². The Labute approximate surface area is 399 Å². The third-order valence-electron chi connectivity index (χ3n) is 12.2. The number of pyridine rings is 3. The summed E-state index contributed by atoms with van der Waals surface area (Å²) in [6, 6.07) is 76.6. The predicted octanol–water partition coefficient (Wildman–Crippen LogP) is 14.7. The maximum atomic E-state index is 6.29. The molecule has 4 nitrogen and oxygen atoms in total. The summed E-state index contributed by atoms with van der Waals surface area (Å²) in [7, 11) is 0. The molecule has 4 heterocycles. The van der Waals surface area contributed by atoms with E-state index < -0.39 is 0 Å². The SMILES string of the molecule is [Ir+3].[c-]1cc(CCc2cc(CCc3c[c-]c(-c4ccccn4)cc3)cc(-c3ccccc3-c3c[c-]c(-c4cc5c(cn4)oc4cc(-c6ccccc6)ccc45)cc3)c2)ccc1-c1ccccn1. The Kier molecular flexibility index (Phi) is 12.4. The van der Waals surface area contributed by atoms with Gasteiger partial charge in [-0.3, -0.25) is 0 Å². The van der Waals surface area contributed by atoms with Crippen LogP contribution in [0.3, 0.4) is 0 Å². The van der Waals surface area contributed by atoms with Crippen LogP contribution in [0.2, 0.25) is 0 Å². The normalized spacial score (nSPS) is 11.2. The Balaban J connectivity index is 0.00000511. The molecule has 11 rings (SSSR count). The van der Waals surface area contributed by atoms with Crippen LogP contribution >= 0.6 is 0 Å².